The molecule has 1 aromatic rings. The minimum atomic E-state index is -3.15. The van der Waals surface area contributed by atoms with E-state index in [4.69, 9.17) is 0 Å². The molecule has 0 unspecified atom stereocenters. The highest BCUT2D eigenvalue weighted by molar-refractivity contribution is 7.92. The Morgan fingerprint density at radius 2 is 1.83 bits per heavy atom. The van der Waals surface area contributed by atoms with Gasteiger partial charge in [0.1, 0.15) is 0 Å². The lowest BCUT2D eigenvalue weighted by Gasteiger charge is -2.15. The molecule has 0 saturated carbocycles. The van der Waals surface area contributed by atoms with Crippen LogP contribution in [0.4, 0.5) is 5.69 Å². The zero-order valence-electron chi connectivity index (χ0n) is 6.93. The first kappa shape index (κ1) is 8.99. The molecule has 12 heavy (non-hydrogen) atoms. The van der Waals surface area contributed by atoms with E-state index >= 15 is 0 Å². The van der Waals surface area contributed by atoms with Crippen LogP contribution in [0.5, 0.6) is 0 Å². The molecule has 0 aliphatic carbocycles. The van der Waals surface area contributed by atoms with Gasteiger partial charge in [-0.3, -0.25) is 9.29 Å². The van der Waals surface area contributed by atoms with Crippen molar-refractivity contribution < 1.29 is 8.42 Å². The van der Waals surface area contributed by atoms with Gasteiger partial charge >= 0.3 is 0 Å². The fourth-order valence-corrected chi connectivity index (χ4v) is 1.25. The van der Waals surface area contributed by atoms with E-state index in [1.807, 2.05) is 0 Å². The van der Waals surface area contributed by atoms with Crippen molar-refractivity contribution in [2.45, 2.75) is 0 Å². The summed E-state index contributed by atoms with van der Waals surface area (Å²) in [6, 6.07) is 3.28. The predicted octanol–water partition coefficient (Wildman–Crippen LogP) is 0.477. The van der Waals surface area contributed by atoms with Crippen LogP contribution in [0.3, 0.4) is 0 Å². The molecule has 0 bridgehead atoms. The third kappa shape index (κ3) is 1.94. The highest BCUT2D eigenvalue weighted by Crippen LogP contribution is 2.12. The summed E-state index contributed by atoms with van der Waals surface area (Å²) in [6.45, 7) is 0. The molecule has 0 atom stereocenters. The molecule has 0 spiro atoms. The largest absolute Gasteiger partial charge is 0.273 e. The average Bonchev–Trinajstić information content (AvgIpc) is 2.03. The Morgan fingerprint density at radius 3 is 2.25 bits per heavy atom. The van der Waals surface area contributed by atoms with E-state index in [2.05, 4.69) is 4.98 Å². The van der Waals surface area contributed by atoms with Gasteiger partial charge in [-0.2, -0.15) is 0 Å². The van der Waals surface area contributed by atoms with E-state index in [9.17, 15) is 8.42 Å². The Kier molecular flexibility index (Phi) is 2.32. The summed E-state index contributed by atoms with van der Waals surface area (Å²) in [5.41, 5.74) is 0.618. The Hall–Kier alpha value is -1.10. The van der Waals surface area contributed by atoms with E-state index in [1.54, 1.807) is 24.5 Å². The van der Waals surface area contributed by atoms with E-state index in [0.717, 1.165) is 6.26 Å². The van der Waals surface area contributed by atoms with Crippen molar-refractivity contribution in [2.24, 2.45) is 0 Å². The molecular weight excluding hydrogens is 176 g/mol. The Bertz CT molecular complexity index is 347. The number of anilines is 1. The number of hydrogen-bond donors (Lipinski definition) is 0. The monoisotopic (exact) mass is 186 g/mol. The molecule has 4 nitrogen and oxygen atoms in total. The van der Waals surface area contributed by atoms with Crippen molar-refractivity contribution in [3.63, 3.8) is 0 Å². The second-order valence-corrected chi connectivity index (χ2v) is 4.45. The molecule has 0 saturated heterocycles. The first-order valence-corrected chi connectivity index (χ1v) is 5.20. The second-order valence-electron chi connectivity index (χ2n) is 2.44. The van der Waals surface area contributed by atoms with Gasteiger partial charge in [-0.05, 0) is 12.1 Å². The molecular formula is C7H10N2O2S. The SMILES string of the molecule is CN(c1ccncc1)S(C)(=O)=O. The van der Waals surface area contributed by atoms with Crippen LogP contribution in [0.1, 0.15) is 0 Å². The molecule has 1 rings (SSSR count). The van der Waals surface area contributed by atoms with E-state index in [0.29, 0.717) is 5.69 Å². The highest BCUT2D eigenvalue weighted by atomic mass is 32.2. The number of aromatic nitrogens is 1. The topological polar surface area (TPSA) is 50.3 Å². The van der Waals surface area contributed by atoms with Crippen LogP contribution in [0.2, 0.25) is 0 Å². The fraction of sp³-hybridized carbons (Fsp3) is 0.286. The van der Waals surface area contributed by atoms with Crippen LogP contribution in [0.15, 0.2) is 24.5 Å². The summed E-state index contributed by atoms with van der Waals surface area (Å²) in [7, 11) is -1.65. The third-order valence-corrected chi connectivity index (χ3v) is 2.73. The number of sulfonamides is 1. The Balaban J connectivity index is 3.02. The maximum atomic E-state index is 11.0. The summed E-state index contributed by atoms with van der Waals surface area (Å²) < 4.78 is 23.3. The first-order chi connectivity index (χ1) is 5.52. The highest BCUT2D eigenvalue weighted by Gasteiger charge is 2.10. The number of nitrogens with zero attached hydrogens (tertiary/aromatic N) is 2. The number of pyridine rings is 1. The van der Waals surface area contributed by atoms with E-state index < -0.39 is 10.0 Å². The minimum Gasteiger partial charge on any atom is -0.273 e. The van der Waals surface area contributed by atoms with Crippen molar-refractivity contribution in [3.05, 3.63) is 24.5 Å². The zero-order chi connectivity index (χ0) is 9.19. The van der Waals surface area contributed by atoms with Gasteiger partial charge in [0.25, 0.3) is 0 Å². The van der Waals surface area contributed by atoms with Crippen LogP contribution in [0, 0.1) is 0 Å². The predicted molar refractivity (Wildman–Crippen MR) is 47.5 cm³/mol. The molecule has 0 aliphatic rings. The lowest BCUT2D eigenvalue weighted by Crippen LogP contribution is -2.24. The van der Waals surface area contributed by atoms with Gasteiger partial charge in [-0.25, -0.2) is 8.42 Å². The van der Waals surface area contributed by atoms with E-state index in [1.165, 1.54) is 11.4 Å². The van der Waals surface area contributed by atoms with Crippen LogP contribution >= 0.6 is 0 Å². The minimum absolute atomic E-state index is 0.618. The number of rotatable bonds is 2. The standard InChI is InChI=1S/C7H10N2O2S/c1-9(12(2,10)11)7-3-5-8-6-4-7/h3-6H,1-2H3. The average molecular weight is 186 g/mol. The first-order valence-electron chi connectivity index (χ1n) is 3.36. The molecule has 0 fully saturated rings. The summed E-state index contributed by atoms with van der Waals surface area (Å²) in [4.78, 5) is 3.79. The lowest BCUT2D eigenvalue weighted by atomic mass is 10.4. The Labute approximate surface area is 71.9 Å². The molecule has 0 radical (unpaired) electrons. The molecule has 0 aromatic carbocycles. The summed E-state index contributed by atoms with van der Waals surface area (Å²) in [5, 5.41) is 0. The van der Waals surface area contributed by atoms with Crippen LogP contribution in [0.25, 0.3) is 0 Å². The van der Waals surface area contributed by atoms with Gasteiger partial charge in [0.05, 0.1) is 11.9 Å². The smallest absolute Gasteiger partial charge is 0.231 e. The Morgan fingerprint density at radius 1 is 1.33 bits per heavy atom. The maximum absolute atomic E-state index is 11.0. The maximum Gasteiger partial charge on any atom is 0.231 e. The fourth-order valence-electron chi connectivity index (χ4n) is 0.745. The van der Waals surface area contributed by atoms with Crippen molar-refractivity contribution in [1.29, 1.82) is 0 Å². The molecule has 0 amide bonds. The van der Waals surface area contributed by atoms with Gasteiger partial charge in [0.2, 0.25) is 10.0 Å². The van der Waals surface area contributed by atoms with Gasteiger partial charge in [-0.1, -0.05) is 0 Å². The molecule has 5 heteroatoms. The van der Waals surface area contributed by atoms with Crippen molar-refractivity contribution in [3.8, 4) is 0 Å². The van der Waals surface area contributed by atoms with Crippen LogP contribution in [-0.2, 0) is 10.0 Å². The van der Waals surface area contributed by atoms with Crippen LogP contribution in [-0.4, -0.2) is 26.7 Å². The van der Waals surface area contributed by atoms with Gasteiger partial charge < -0.3 is 0 Å². The normalized spacial score (nSPS) is 11.2. The second kappa shape index (κ2) is 3.10. The third-order valence-electron chi connectivity index (χ3n) is 1.52. The molecule has 0 aliphatic heterocycles. The lowest BCUT2D eigenvalue weighted by molar-refractivity contribution is 0.600. The number of hydrogen-bond acceptors (Lipinski definition) is 3. The summed E-state index contributed by atoms with van der Waals surface area (Å²) in [6.07, 6.45) is 4.27. The molecule has 0 N–H and O–H groups in total. The zero-order valence-corrected chi connectivity index (χ0v) is 7.75. The summed E-state index contributed by atoms with van der Waals surface area (Å²) >= 11 is 0. The van der Waals surface area contributed by atoms with Gasteiger partial charge in [0.15, 0.2) is 0 Å². The quantitative estimate of drug-likeness (QED) is 0.675. The van der Waals surface area contributed by atoms with Gasteiger partial charge in [0, 0.05) is 19.4 Å². The van der Waals surface area contributed by atoms with Gasteiger partial charge in [-0.15, -0.1) is 0 Å². The van der Waals surface area contributed by atoms with Crippen molar-refractivity contribution in [2.75, 3.05) is 17.6 Å². The summed E-state index contributed by atoms with van der Waals surface area (Å²) in [5.74, 6) is 0. The molecule has 1 heterocycles. The van der Waals surface area contributed by atoms with Crippen molar-refractivity contribution >= 4 is 15.7 Å². The van der Waals surface area contributed by atoms with Crippen molar-refractivity contribution in [1.82, 2.24) is 4.98 Å². The van der Waals surface area contributed by atoms with E-state index in [-0.39, 0.29) is 0 Å². The van der Waals surface area contributed by atoms with Crippen LogP contribution < -0.4 is 4.31 Å². The molecule has 1 aromatic heterocycles. The molecule has 66 valence electrons.